The number of ether oxygens (including phenoxy) is 1. The highest BCUT2D eigenvalue weighted by Crippen LogP contribution is 2.42. The maximum atomic E-state index is 14.7. The number of aromatic nitrogens is 4. The summed E-state index contributed by atoms with van der Waals surface area (Å²) in [6.45, 7) is 7.59. The maximum Gasteiger partial charge on any atom is 0.418 e. The van der Waals surface area contributed by atoms with Crippen molar-refractivity contribution in [2.45, 2.75) is 38.4 Å². The highest BCUT2D eigenvalue weighted by molar-refractivity contribution is 7.99. The molecule has 2 aromatic heterocycles. The normalized spacial score (nSPS) is 16.6. The van der Waals surface area contributed by atoms with Crippen molar-refractivity contribution in [1.29, 1.82) is 0 Å². The molecule has 0 amide bonds. The minimum absolute atomic E-state index is 0.00283. The summed E-state index contributed by atoms with van der Waals surface area (Å²) < 4.78 is 51.5. The Bertz CT molecular complexity index is 1760. The Hall–Kier alpha value is -4.08. The molecule has 2 aromatic carbocycles. The molecule has 15 heteroatoms. The van der Waals surface area contributed by atoms with Gasteiger partial charge in [-0.1, -0.05) is 18.9 Å². The molecule has 6 rings (SSSR count). The third kappa shape index (κ3) is 7.58. The van der Waals surface area contributed by atoms with Gasteiger partial charge in [0.05, 0.1) is 41.4 Å². The number of halogens is 3. The monoisotopic (exact) mass is 696 g/mol. The van der Waals surface area contributed by atoms with Crippen LogP contribution in [-0.2, 0) is 12.6 Å². The quantitative estimate of drug-likeness (QED) is 0.179. The third-order valence-electron chi connectivity index (χ3n) is 9.44. The smallest absolute Gasteiger partial charge is 0.418 e. The van der Waals surface area contributed by atoms with Gasteiger partial charge in [-0.05, 0) is 56.1 Å². The van der Waals surface area contributed by atoms with Crippen LogP contribution < -0.4 is 24.6 Å². The number of piperazine rings is 1. The lowest BCUT2D eigenvalue weighted by Crippen LogP contribution is -2.52. The van der Waals surface area contributed by atoms with E-state index in [1.54, 1.807) is 18.5 Å². The molecule has 4 aromatic rings. The van der Waals surface area contributed by atoms with E-state index in [1.165, 1.54) is 31.3 Å². The SMILES string of the molecule is CCc1cc(Nc2ncc(OC)c(Nc3ccc4nccnc4c3N(C)SC)n2)c(C(F)(F)F)cc1N1CCC(N2CCN(C)CC2)CC1. The predicted octanol–water partition coefficient (Wildman–Crippen LogP) is 6.43. The Balaban J connectivity index is 1.28. The average molecular weight is 697 g/mol. The van der Waals surface area contributed by atoms with Gasteiger partial charge >= 0.3 is 6.18 Å². The first-order chi connectivity index (χ1) is 23.6. The zero-order chi connectivity index (χ0) is 34.7. The van der Waals surface area contributed by atoms with E-state index in [1.807, 2.05) is 36.7 Å². The van der Waals surface area contributed by atoms with Gasteiger partial charge in [0, 0.05) is 76.7 Å². The fourth-order valence-corrected chi connectivity index (χ4v) is 7.03. The first-order valence-corrected chi connectivity index (χ1v) is 17.7. The van der Waals surface area contributed by atoms with Crippen molar-refractivity contribution in [2.24, 2.45) is 0 Å². The Morgan fingerprint density at radius 2 is 1.71 bits per heavy atom. The van der Waals surface area contributed by atoms with Crippen LogP contribution in [0.5, 0.6) is 5.75 Å². The van der Waals surface area contributed by atoms with Gasteiger partial charge in [-0.2, -0.15) is 18.2 Å². The second-order valence-corrected chi connectivity index (χ2v) is 13.3. The minimum atomic E-state index is -4.60. The number of aryl methyl sites for hydroxylation is 1. The van der Waals surface area contributed by atoms with Crippen LogP contribution in [0.1, 0.15) is 30.9 Å². The number of fused-ring (bicyclic) bond motifs is 1. The molecule has 0 radical (unpaired) electrons. The maximum absolute atomic E-state index is 14.7. The van der Waals surface area contributed by atoms with Crippen molar-refractivity contribution in [2.75, 3.05) is 86.6 Å². The molecule has 0 aliphatic carbocycles. The Morgan fingerprint density at radius 1 is 0.980 bits per heavy atom. The molecule has 0 spiro atoms. The number of likely N-dealkylation sites (N-methyl/N-ethyl adjacent to an activating group) is 1. The summed E-state index contributed by atoms with van der Waals surface area (Å²) in [4.78, 5) is 24.8. The molecule has 2 aliphatic heterocycles. The van der Waals surface area contributed by atoms with Crippen molar-refractivity contribution in [3.8, 4) is 5.75 Å². The minimum Gasteiger partial charge on any atom is -0.491 e. The van der Waals surface area contributed by atoms with Crippen LogP contribution in [0.25, 0.3) is 11.0 Å². The van der Waals surface area contributed by atoms with E-state index in [-0.39, 0.29) is 17.5 Å². The number of piperidine rings is 1. The van der Waals surface area contributed by atoms with Crippen LogP contribution in [-0.4, -0.2) is 103 Å². The van der Waals surface area contributed by atoms with E-state index < -0.39 is 11.7 Å². The highest BCUT2D eigenvalue weighted by Gasteiger charge is 2.36. The molecule has 2 fully saturated rings. The number of rotatable bonds is 10. The van der Waals surface area contributed by atoms with Gasteiger partial charge in [-0.25, -0.2) is 4.98 Å². The lowest BCUT2D eigenvalue weighted by Gasteiger charge is -2.43. The molecule has 262 valence electrons. The van der Waals surface area contributed by atoms with Crippen LogP contribution in [0.4, 0.5) is 47.7 Å². The molecular formula is C34H43F3N10OS. The van der Waals surface area contributed by atoms with Gasteiger partial charge in [0.15, 0.2) is 11.6 Å². The van der Waals surface area contributed by atoms with Crippen LogP contribution >= 0.6 is 11.9 Å². The number of nitrogens with zero attached hydrogens (tertiary/aromatic N) is 8. The lowest BCUT2D eigenvalue weighted by atomic mass is 9.98. The second kappa shape index (κ2) is 14.8. The topological polar surface area (TPSA) is 97.8 Å². The molecule has 4 heterocycles. The summed E-state index contributed by atoms with van der Waals surface area (Å²) in [6.07, 6.45) is 4.48. The molecule has 0 unspecified atom stereocenters. The molecule has 11 nitrogen and oxygen atoms in total. The Labute approximate surface area is 289 Å². The Morgan fingerprint density at radius 3 is 2.39 bits per heavy atom. The summed E-state index contributed by atoms with van der Waals surface area (Å²) in [7, 11) is 5.54. The van der Waals surface area contributed by atoms with Crippen molar-refractivity contribution < 1.29 is 17.9 Å². The molecule has 2 N–H and O–H groups in total. The molecule has 49 heavy (non-hydrogen) atoms. The van der Waals surface area contributed by atoms with Crippen molar-refractivity contribution in [3.63, 3.8) is 0 Å². The van der Waals surface area contributed by atoms with Crippen LogP contribution in [0, 0.1) is 0 Å². The average Bonchev–Trinajstić information content (AvgIpc) is 3.11. The van der Waals surface area contributed by atoms with E-state index in [4.69, 9.17) is 4.74 Å². The van der Waals surface area contributed by atoms with Gasteiger partial charge in [0.25, 0.3) is 0 Å². The molecule has 0 bridgehead atoms. The lowest BCUT2D eigenvalue weighted by molar-refractivity contribution is -0.136. The number of methoxy groups -OCH3 is 1. The first kappa shape index (κ1) is 34.8. The zero-order valence-electron chi connectivity index (χ0n) is 28.5. The largest absolute Gasteiger partial charge is 0.491 e. The van der Waals surface area contributed by atoms with Gasteiger partial charge in [-0.3, -0.25) is 14.9 Å². The number of anilines is 6. The molecular weight excluding hydrogens is 654 g/mol. The summed E-state index contributed by atoms with van der Waals surface area (Å²) in [5.74, 6) is 0.600. The first-order valence-electron chi connectivity index (χ1n) is 16.5. The fourth-order valence-electron chi connectivity index (χ4n) is 6.66. The molecule has 0 atom stereocenters. The van der Waals surface area contributed by atoms with E-state index in [2.05, 4.69) is 52.3 Å². The van der Waals surface area contributed by atoms with Gasteiger partial charge < -0.3 is 29.5 Å². The number of alkyl halides is 3. The highest BCUT2D eigenvalue weighted by atomic mass is 32.2. The fraction of sp³-hybridized carbons (Fsp3) is 0.471. The number of benzene rings is 2. The Kier molecular flexibility index (Phi) is 10.5. The van der Waals surface area contributed by atoms with Gasteiger partial charge in [0.1, 0.15) is 5.52 Å². The van der Waals surface area contributed by atoms with Crippen LogP contribution in [0.3, 0.4) is 0 Å². The zero-order valence-corrected chi connectivity index (χ0v) is 29.3. The van der Waals surface area contributed by atoms with Crippen molar-refractivity contribution in [3.05, 3.63) is 54.0 Å². The third-order valence-corrected chi connectivity index (χ3v) is 10.2. The summed E-state index contributed by atoms with van der Waals surface area (Å²) in [6, 6.07) is 7.05. The van der Waals surface area contributed by atoms with Crippen LogP contribution in [0.2, 0.25) is 0 Å². The molecule has 2 saturated heterocycles. The number of hydrogen-bond acceptors (Lipinski definition) is 12. The van der Waals surface area contributed by atoms with E-state index >= 15 is 0 Å². The number of nitrogens with one attached hydrogen (secondary N) is 2. The summed E-state index contributed by atoms with van der Waals surface area (Å²) in [5.41, 5.74) is 3.45. The summed E-state index contributed by atoms with van der Waals surface area (Å²) in [5, 5.41) is 6.19. The predicted molar refractivity (Wildman–Crippen MR) is 192 cm³/mol. The van der Waals surface area contributed by atoms with E-state index in [0.717, 1.165) is 68.9 Å². The van der Waals surface area contributed by atoms with Crippen molar-refractivity contribution in [1.82, 2.24) is 29.7 Å². The molecule has 2 aliphatic rings. The van der Waals surface area contributed by atoms with Crippen molar-refractivity contribution >= 4 is 57.5 Å². The van der Waals surface area contributed by atoms with Gasteiger partial charge in [0.2, 0.25) is 5.95 Å². The van der Waals surface area contributed by atoms with E-state index in [9.17, 15) is 13.2 Å². The molecule has 0 saturated carbocycles. The van der Waals surface area contributed by atoms with Gasteiger partial charge in [-0.15, -0.1) is 0 Å². The summed E-state index contributed by atoms with van der Waals surface area (Å²) >= 11 is 1.49. The van der Waals surface area contributed by atoms with E-state index in [0.29, 0.717) is 35.1 Å². The second-order valence-electron chi connectivity index (χ2n) is 12.4. The standard InChI is InChI=1S/C34H43F3N10OS/c1-6-22-19-27(24(34(35,36)37)20-28(22)47-13-9-23(10-14-47)46-17-15-44(2)16-18-46)42-33-40-21-29(48-4)32(43-33)41-26-8-7-25-30(39-12-11-38-25)31(26)45(3)49-5/h7-8,11-12,19-21,23H,6,9-10,13-18H2,1-5H3,(H2,40,41,42,43). The van der Waals surface area contributed by atoms with Crippen LogP contribution in [0.15, 0.2) is 42.9 Å². The number of hydrogen-bond donors (Lipinski definition) is 2.